The summed E-state index contributed by atoms with van der Waals surface area (Å²) in [5, 5.41) is 21.4. The molecule has 1 aliphatic rings. The zero-order valence-corrected chi connectivity index (χ0v) is 11.6. The minimum atomic E-state index is -0.418. The number of piperidine rings is 1. The van der Waals surface area contributed by atoms with Crippen LogP contribution in [-0.4, -0.2) is 39.2 Å². The molecular formula is C14H16N4O3. The molecule has 1 aromatic carbocycles. The Morgan fingerprint density at radius 2 is 2.24 bits per heavy atom. The third-order valence-electron chi connectivity index (χ3n) is 3.97. The van der Waals surface area contributed by atoms with Gasteiger partial charge < -0.3 is 10.0 Å². The van der Waals surface area contributed by atoms with E-state index in [9.17, 15) is 15.2 Å². The molecule has 3 rings (SSSR count). The molecule has 1 fully saturated rings. The van der Waals surface area contributed by atoms with Gasteiger partial charge in [-0.2, -0.15) is 0 Å². The van der Waals surface area contributed by atoms with Crippen molar-refractivity contribution in [2.75, 3.05) is 18.0 Å². The highest BCUT2D eigenvalue weighted by Crippen LogP contribution is 2.29. The lowest BCUT2D eigenvalue weighted by atomic mass is 9.96. The number of nitro benzene ring substituents is 1. The molecule has 21 heavy (non-hydrogen) atoms. The first-order valence-corrected chi connectivity index (χ1v) is 6.88. The molecule has 2 aromatic rings. The third-order valence-corrected chi connectivity index (χ3v) is 3.97. The molecule has 1 aromatic heterocycles. The first-order valence-electron chi connectivity index (χ1n) is 6.88. The zero-order valence-electron chi connectivity index (χ0n) is 11.6. The average Bonchev–Trinajstić information content (AvgIpc) is 2.49. The second-order valence-electron chi connectivity index (χ2n) is 5.44. The topological polar surface area (TPSA) is 92.4 Å². The lowest BCUT2D eigenvalue weighted by Crippen LogP contribution is -2.42. The second-order valence-corrected chi connectivity index (χ2v) is 5.44. The van der Waals surface area contributed by atoms with Crippen LogP contribution in [0.25, 0.3) is 10.9 Å². The van der Waals surface area contributed by atoms with E-state index in [1.165, 1.54) is 18.5 Å². The van der Waals surface area contributed by atoms with Gasteiger partial charge in [-0.05, 0) is 18.4 Å². The first-order chi connectivity index (χ1) is 10.1. The lowest BCUT2D eigenvalue weighted by Gasteiger charge is -2.35. The molecule has 110 valence electrons. The van der Waals surface area contributed by atoms with Crippen LogP contribution < -0.4 is 4.90 Å². The monoisotopic (exact) mass is 288 g/mol. The van der Waals surface area contributed by atoms with Gasteiger partial charge in [0.05, 0.1) is 16.5 Å². The number of fused-ring (bicyclic) bond motifs is 1. The molecule has 0 aliphatic carbocycles. The van der Waals surface area contributed by atoms with Crippen LogP contribution in [0.5, 0.6) is 0 Å². The van der Waals surface area contributed by atoms with Crippen LogP contribution in [0.1, 0.15) is 13.3 Å². The number of aromatic nitrogens is 2. The minimum Gasteiger partial charge on any atom is -0.393 e. The van der Waals surface area contributed by atoms with E-state index >= 15 is 0 Å². The Labute approximate surface area is 121 Å². The number of nitro groups is 1. The van der Waals surface area contributed by atoms with E-state index in [-0.39, 0.29) is 17.7 Å². The summed E-state index contributed by atoms with van der Waals surface area (Å²) in [5.41, 5.74) is 0.716. The summed E-state index contributed by atoms with van der Waals surface area (Å²) < 4.78 is 0. The molecule has 7 nitrogen and oxygen atoms in total. The van der Waals surface area contributed by atoms with Gasteiger partial charge in [0.15, 0.2) is 0 Å². The summed E-state index contributed by atoms with van der Waals surface area (Å²) in [5.74, 6) is 0.838. The summed E-state index contributed by atoms with van der Waals surface area (Å²) in [6.45, 7) is 3.35. The number of non-ortho nitro benzene ring substituents is 1. The number of aliphatic hydroxyl groups is 1. The van der Waals surface area contributed by atoms with Crippen LogP contribution in [0, 0.1) is 16.0 Å². The lowest BCUT2D eigenvalue weighted by molar-refractivity contribution is -0.384. The molecule has 0 bridgehead atoms. The normalized spacial score (nSPS) is 22.5. The molecule has 2 atom stereocenters. The molecule has 0 amide bonds. The molecule has 1 aliphatic heterocycles. The molecule has 0 saturated carbocycles. The van der Waals surface area contributed by atoms with Crippen molar-refractivity contribution in [3.05, 3.63) is 34.6 Å². The molecular weight excluding hydrogens is 272 g/mol. The number of benzene rings is 1. The summed E-state index contributed by atoms with van der Waals surface area (Å²) in [7, 11) is 0. The smallest absolute Gasteiger partial charge is 0.270 e. The van der Waals surface area contributed by atoms with Crippen LogP contribution in [0.3, 0.4) is 0 Å². The molecule has 0 spiro atoms. The number of anilines is 1. The van der Waals surface area contributed by atoms with E-state index in [1.807, 2.05) is 6.92 Å². The molecule has 7 heteroatoms. The first kappa shape index (κ1) is 13.7. The Hall–Kier alpha value is -2.28. The van der Waals surface area contributed by atoms with Gasteiger partial charge in [-0.15, -0.1) is 0 Å². The maximum absolute atomic E-state index is 10.9. The van der Waals surface area contributed by atoms with Crippen molar-refractivity contribution < 1.29 is 10.0 Å². The Morgan fingerprint density at radius 3 is 2.95 bits per heavy atom. The number of rotatable bonds is 2. The van der Waals surface area contributed by atoms with Gasteiger partial charge in [-0.25, -0.2) is 9.97 Å². The largest absolute Gasteiger partial charge is 0.393 e. The minimum absolute atomic E-state index is 0.0312. The van der Waals surface area contributed by atoms with Crippen LogP contribution in [0.15, 0.2) is 24.5 Å². The van der Waals surface area contributed by atoms with E-state index in [0.717, 1.165) is 0 Å². The maximum Gasteiger partial charge on any atom is 0.270 e. The van der Waals surface area contributed by atoms with Crippen LogP contribution in [0.2, 0.25) is 0 Å². The van der Waals surface area contributed by atoms with Crippen molar-refractivity contribution in [1.29, 1.82) is 0 Å². The maximum atomic E-state index is 10.9. The number of hydrogen-bond donors (Lipinski definition) is 1. The van der Waals surface area contributed by atoms with Gasteiger partial charge in [0.25, 0.3) is 5.69 Å². The summed E-state index contributed by atoms with van der Waals surface area (Å²) in [6, 6.07) is 4.60. The molecule has 0 radical (unpaired) electrons. The highest BCUT2D eigenvalue weighted by atomic mass is 16.6. The summed E-state index contributed by atoms with van der Waals surface area (Å²) >= 11 is 0. The Morgan fingerprint density at radius 1 is 1.43 bits per heavy atom. The van der Waals surface area contributed by atoms with Crippen LogP contribution in [-0.2, 0) is 0 Å². The van der Waals surface area contributed by atoms with E-state index in [4.69, 9.17) is 0 Å². The quantitative estimate of drug-likeness (QED) is 0.668. The second kappa shape index (κ2) is 5.25. The fraction of sp³-hybridized carbons (Fsp3) is 0.429. The molecule has 1 N–H and O–H groups in total. The van der Waals surface area contributed by atoms with Gasteiger partial charge in [0, 0.05) is 30.6 Å². The average molecular weight is 288 g/mol. The predicted octanol–water partition coefficient (Wildman–Crippen LogP) is 1.75. The predicted molar refractivity (Wildman–Crippen MR) is 78.2 cm³/mol. The van der Waals surface area contributed by atoms with Crippen molar-refractivity contribution in [1.82, 2.24) is 9.97 Å². The van der Waals surface area contributed by atoms with Crippen molar-refractivity contribution in [2.45, 2.75) is 19.4 Å². The third kappa shape index (κ3) is 2.52. The van der Waals surface area contributed by atoms with E-state index < -0.39 is 4.92 Å². The molecule has 2 unspecified atom stereocenters. The SMILES string of the molecule is CC1CN(c2ncnc3ccc([N+](=O)[O-])cc23)CCC1O. The van der Waals surface area contributed by atoms with Gasteiger partial charge >= 0.3 is 0 Å². The van der Waals surface area contributed by atoms with Crippen LogP contribution in [0.4, 0.5) is 11.5 Å². The van der Waals surface area contributed by atoms with E-state index in [0.29, 0.717) is 36.2 Å². The molecule has 2 heterocycles. The number of hydrogen-bond acceptors (Lipinski definition) is 6. The van der Waals surface area contributed by atoms with Gasteiger partial charge in [-0.1, -0.05) is 6.92 Å². The highest BCUT2D eigenvalue weighted by molar-refractivity contribution is 5.91. The Balaban J connectivity index is 2.05. The van der Waals surface area contributed by atoms with Gasteiger partial charge in [-0.3, -0.25) is 10.1 Å². The van der Waals surface area contributed by atoms with E-state index in [1.54, 1.807) is 6.07 Å². The standard InChI is InChI=1S/C14H16N4O3/c1-9-7-17(5-4-13(9)19)14-11-6-10(18(20)21)2-3-12(11)15-8-16-14/h2-3,6,8-9,13,19H,4-5,7H2,1H3. The Bertz CT molecular complexity index is 691. The fourth-order valence-corrected chi connectivity index (χ4v) is 2.72. The summed E-state index contributed by atoms with van der Waals surface area (Å²) in [6.07, 6.45) is 1.84. The highest BCUT2D eigenvalue weighted by Gasteiger charge is 2.26. The summed E-state index contributed by atoms with van der Waals surface area (Å²) in [4.78, 5) is 21.1. The van der Waals surface area contributed by atoms with E-state index in [2.05, 4.69) is 14.9 Å². The number of nitrogens with zero attached hydrogens (tertiary/aromatic N) is 4. The molecule has 1 saturated heterocycles. The van der Waals surface area contributed by atoms with Crippen molar-refractivity contribution in [3.8, 4) is 0 Å². The van der Waals surface area contributed by atoms with Crippen molar-refractivity contribution in [2.24, 2.45) is 5.92 Å². The van der Waals surface area contributed by atoms with Crippen molar-refractivity contribution in [3.63, 3.8) is 0 Å². The van der Waals surface area contributed by atoms with Crippen molar-refractivity contribution >= 4 is 22.4 Å². The van der Waals surface area contributed by atoms with Gasteiger partial charge in [0.2, 0.25) is 0 Å². The Kier molecular flexibility index (Phi) is 3.42. The fourth-order valence-electron chi connectivity index (χ4n) is 2.72. The zero-order chi connectivity index (χ0) is 15.0. The number of aliphatic hydroxyl groups excluding tert-OH is 1. The van der Waals surface area contributed by atoms with Crippen LogP contribution >= 0.6 is 0 Å². The van der Waals surface area contributed by atoms with Gasteiger partial charge in [0.1, 0.15) is 12.1 Å².